The van der Waals surface area contributed by atoms with E-state index in [0.717, 1.165) is 18.7 Å². The molecular weight excluding hydrogens is 294 g/mol. The lowest BCUT2D eigenvalue weighted by Crippen LogP contribution is -2.12. The van der Waals surface area contributed by atoms with E-state index in [2.05, 4.69) is 15.5 Å². The van der Waals surface area contributed by atoms with Crippen molar-refractivity contribution < 1.29 is 14.0 Å². The van der Waals surface area contributed by atoms with Crippen molar-refractivity contribution in [3.63, 3.8) is 0 Å². The highest BCUT2D eigenvalue weighted by Gasteiger charge is 2.13. The first-order chi connectivity index (χ1) is 10.1. The Morgan fingerprint density at radius 3 is 2.81 bits per heavy atom. The van der Waals surface area contributed by atoms with E-state index in [1.165, 1.54) is 0 Å². The predicted octanol–water partition coefficient (Wildman–Crippen LogP) is 2.73. The highest BCUT2D eigenvalue weighted by atomic mass is 35.5. The van der Waals surface area contributed by atoms with Crippen molar-refractivity contribution in [2.75, 3.05) is 13.7 Å². The van der Waals surface area contributed by atoms with Gasteiger partial charge in [-0.15, -0.1) is 0 Å². The molecule has 1 heterocycles. The predicted molar refractivity (Wildman–Crippen MR) is 78.8 cm³/mol. The summed E-state index contributed by atoms with van der Waals surface area (Å²) in [5.41, 5.74) is 1.03. The second-order valence-electron chi connectivity index (χ2n) is 4.41. The molecule has 1 N–H and O–H groups in total. The summed E-state index contributed by atoms with van der Waals surface area (Å²) in [7, 11) is 1.58. The van der Waals surface area contributed by atoms with Crippen molar-refractivity contribution in [3.8, 4) is 11.5 Å². The summed E-state index contributed by atoms with van der Waals surface area (Å²) in [6.07, 6.45) is 0. The maximum atomic E-state index is 6.27. The molecule has 1 aromatic carbocycles. The normalized spacial score (nSPS) is 10.7. The molecule has 0 radical (unpaired) electrons. The van der Waals surface area contributed by atoms with Gasteiger partial charge in [0.15, 0.2) is 18.1 Å². The molecule has 0 aliphatic carbocycles. The summed E-state index contributed by atoms with van der Waals surface area (Å²) in [5, 5.41) is 7.49. The van der Waals surface area contributed by atoms with Gasteiger partial charge in [-0.3, -0.25) is 0 Å². The lowest BCUT2D eigenvalue weighted by Gasteiger charge is -2.13. The van der Waals surface area contributed by atoms with Gasteiger partial charge >= 0.3 is 0 Å². The van der Waals surface area contributed by atoms with Crippen LogP contribution in [0.3, 0.4) is 0 Å². The SMILES string of the molecule is CCNCc1cc(Cl)c(OCc2noc(C)n2)c(OC)c1. The molecule has 0 aliphatic rings. The molecule has 7 heteroatoms. The Morgan fingerprint density at radius 1 is 1.38 bits per heavy atom. The number of hydrogen-bond donors (Lipinski definition) is 1. The molecule has 0 bridgehead atoms. The number of ether oxygens (including phenoxy) is 2. The monoisotopic (exact) mass is 311 g/mol. The lowest BCUT2D eigenvalue weighted by molar-refractivity contribution is 0.269. The summed E-state index contributed by atoms with van der Waals surface area (Å²) in [5.74, 6) is 2.01. The van der Waals surface area contributed by atoms with Gasteiger partial charge in [-0.2, -0.15) is 4.98 Å². The van der Waals surface area contributed by atoms with Crippen LogP contribution < -0.4 is 14.8 Å². The van der Waals surface area contributed by atoms with Crippen LogP contribution in [0.2, 0.25) is 5.02 Å². The first kappa shape index (κ1) is 15.6. The van der Waals surface area contributed by atoms with Gasteiger partial charge in [-0.1, -0.05) is 23.7 Å². The number of nitrogens with one attached hydrogen (secondary N) is 1. The van der Waals surface area contributed by atoms with Crippen LogP contribution in [-0.2, 0) is 13.2 Å². The number of nitrogens with zero attached hydrogens (tertiary/aromatic N) is 2. The zero-order valence-corrected chi connectivity index (χ0v) is 13.0. The second kappa shape index (κ2) is 7.28. The summed E-state index contributed by atoms with van der Waals surface area (Å²) < 4.78 is 15.9. The van der Waals surface area contributed by atoms with E-state index >= 15 is 0 Å². The van der Waals surface area contributed by atoms with E-state index in [0.29, 0.717) is 28.2 Å². The Bertz CT molecular complexity index is 601. The van der Waals surface area contributed by atoms with Gasteiger partial charge in [0.2, 0.25) is 11.7 Å². The lowest BCUT2D eigenvalue weighted by atomic mass is 10.2. The molecule has 0 amide bonds. The van der Waals surface area contributed by atoms with Gasteiger partial charge in [-0.05, 0) is 24.2 Å². The molecule has 2 aromatic rings. The van der Waals surface area contributed by atoms with Crippen molar-refractivity contribution in [1.29, 1.82) is 0 Å². The van der Waals surface area contributed by atoms with Crippen LogP contribution in [0, 0.1) is 6.92 Å². The van der Waals surface area contributed by atoms with Crippen molar-refractivity contribution in [1.82, 2.24) is 15.5 Å². The quantitative estimate of drug-likeness (QED) is 0.848. The largest absolute Gasteiger partial charge is 0.493 e. The number of halogens is 1. The highest BCUT2D eigenvalue weighted by Crippen LogP contribution is 2.36. The van der Waals surface area contributed by atoms with Gasteiger partial charge in [0.25, 0.3) is 0 Å². The summed E-state index contributed by atoms with van der Waals surface area (Å²) in [4.78, 5) is 4.07. The average Bonchev–Trinajstić information content (AvgIpc) is 2.89. The van der Waals surface area contributed by atoms with E-state index in [9.17, 15) is 0 Å². The first-order valence-electron chi connectivity index (χ1n) is 6.63. The van der Waals surface area contributed by atoms with E-state index in [1.54, 1.807) is 14.0 Å². The van der Waals surface area contributed by atoms with E-state index in [-0.39, 0.29) is 6.61 Å². The Labute approximate surface area is 128 Å². The van der Waals surface area contributed by atoms with Crippen LogP contribution in [-0.4, -0.2) is 23.8 Å². The molecule has 114 valence electrons. The third kappa shape index (κ3) is 4.09. The standard InChI is InChI=1S/C14H18ClN3O3/c1-4-16-7-10-5-11(15)14(12(6-10)19-3)20-8-13-17-9(2)21-18-13/h5-6,16H,4,7-8H2,1-3H3. The maximum Gasteiger partial charge on any atom is 0.223 e. The van der Waals surface area contributed by atoms with Gasteiger partial charge in [-0.25, -0.2) is 0 Å². The van der Waals surface area contributed by atoms with Gasteiger partial charge in [0.1, 0.15) is 0 Å². The minimum Gasteiger partial charge on any atom is -0.493 e. The molecule has 0 spiro atoms. The molecule has 6 nitrogen and oxygen atoms in total. The number of aromatic nitrogens is 2. The van der Waals surface area contributed by atoms with Crippen LogP contribution in [0.15, 0.2) is 16.7 Å². The number of aryl methyl sites for hydroxylation is 1. The molecule has 0 aliphatic heterocycles. The van der Waals surface area contributed by atoms with E-state index in [1.807, 2.05) is 19.1 Å². The third-order valence-corrected chi connectivity index (χ3v) is 3.06. The third-order valence-electron chi connectivity index (χ3n) is 2.78. The number of hydrogen-bond acceptors (Lipinski definition) is 6. The minimum absolute atomic E-state index is 0.167. The van der Waals surface area contributed by atoms with Crippen LogP contribution >= 0.6 is 11.6 Å². The average molecular weight is 312 g/mol. The van der Waals surface area contributed by atoms with Crippen LogP contribution in [0.25, 0.3) is 0 Å². The molecule has 0 fully saturated rings. The van der Waals surface area contributed by atoms with Crippen molar-refractivity contribution in [2.45, 2.75) is 27.0 Å². The highest BCUT2D eigenvalue weighted by molar-refractivity contribution is 6.32. The molecule has 1 aromatic heterocycles. The van der Waals surface area contributed by atoms with Gasteiger partial charge in [0.05, 0.1) is 12.1 Å². The van der Waals surface area contributed by atoms with Gasteiger partial charge in [0, 0.05) is 13.5 Å². The smallest absolute Gasteiger partial charge is 0.223 e. The minimum atomic E-state index is 0.167. The first-order valence-corrected chi connectivity index (χ1v) is 7.01. The topological polar surface area (TPSA) is 69.4 Å². The van der Waals surface area contributed by atoms with Crippen molar-refractivity contribution >= 4 is 11.6 Å². The Balaban J connectivity index is 2.14. The molecule has 0 atom stereocenters. The number of methoxy groups -OCH3 is 1. The zero-order chi connectivity index (χ0) is 15.2. The fourth-order valence-corrected chi connectivity index (χ4v) is 2.11. The summed E-state index contributed by atoms with van der Waals surface area (Å²) in [6.45, 7) is 5.54. The Hall–Kier alpha value is -1.79. The fourth-order valence-electron chi connectivity index (χ4n) is 1.82. The molecule has 0 unspecified atom stereocenters. The fraction of sp³-hybridized carbons (Fsp3) is 0.429. The number of rotatable bonds is 7. The molecular formula is C14H18ClN3O3. The van der Waals surface area contributed by atoms with Gasteiger partial charge < -0.3 is 19.3 Å². The van der Waals surface area contributed by atoms with E-state index < -0.39 is 0 Å². The maximum absolute atomic E-state index is 6.27. The van der Waals surface area contributed by atoms with Crippen molar-refractivity contribution in [3.05, 3.63) is 34.4 Å². The van der Waals surface area contributed by atoms with E-state index in [4.69, 9.17) is 25.6 Å². The van der Waals surface area contributed by atoms with Crippen LogP contribution in [0.1, 0.15) is 24.2 Å². The van der Waals surface area contributed by atoms with Crippen LogP contribution in [0.5, 0.6) is 11.5 Å². The second-order valence-corrected chi connectivity index (χ2v) is 4.81. The Kier molecular flexibility index (Phi) is 5.41. The van der Waals surface area contributed by atoms with Crippen molar-refractivity contribution in [2.24, 2.45) is 0 Å². The molecule has 2 rings (SSSR count). The zero-order valence-electron chi connectivity index (χ0n) is 12.3. The molecule has 0 saturated heterocycles. The summed E-state index contributed by atoms with van der Waals surface area (Å²) >= 11 is 6.27. The summed E-state index contributed by atoms with van der Waals surface area (Å²) in [6, 6.07) is 3.74. The van der Waals surface area contributed by atoms with Crippen LogP contribution in [0.4, 0.5) is 0 Å². The molecule has 0 saturated carbocycles. The molecule has 21 heavy (non-hydrogen) atoms. The Morgan fingerprint density at radius 2 is 2.19 bits per heavy atom. The number of benzene rings is 1.